The van der Waals surface area contributed by atoms with Crippen LogP contribution in [-0.4, -0.2) is 74.8 Å². The minimum Gasteiger partial charge on any atom is -0.493 e. The van der Waals surface area contributed by atoms with Crippen molar-refractivity contribution in [3.63, 3.8) is 0 Å². The fourth-order valence-corrected chi connectivity index (χ4v) is 7.12. The SMILES string of the molecule is COc1cccc([C@H]2O[C@@H](N3CCC(C(OC(=O)C(C)(C)C)OC(=O)C(C)(C)C)CC3CP=O)C(=O)N(CC(C)(C)C)c3ccc(Cl)cc32)c1OC. The molecule has 4 rings (SSSR count). The number of para-hydroxylation sites is 1. The van der Waals surface area contributed by atoms with E-state index >= 15 is 0 Å². The molecule has 4 atom stereocenters. The number of benzene rings is 2. The van der Waals surface area contributed by atoms with Gasteiger partial charge in [0.25, 0.3) is 5.91 Å². The second-order valence-corrected chi connectivity index (χ2v) is 17.9. The maximum absolute atomic E-state index is 15.0. The molecule has 2 heterocycles. The number of carbonyl (C=O) groups excluding carboxylic acids is 3. The summed E-state index contributed by atoms with van der Waals surface area (Å²) >= 11 is 6.62. The Morgan fingerprint density at radius 1 is 0.942 bits per heavy atom. The van der Waals surface area contributed by atoms with E-state index in [0.717, 1.165) is 0 Å². The highest BCUT2D eigenvalue weighted by atomic mass is 35.5. The molecule has 0 saturated carbocycles. The van der Waals surface area contributed by atoms with Crippen LogP contribution in [0.2, 0.25) is 5.02 Å². The summed E-state index contributed by atoms with van der Waals surface area (Å²) < 4.78 is 42.6. The highest BCUT2D eigenvalue weighted by Gasteiger charge is 2.47. The van der Waals surface area contributed by atoms with E-state index in [-0.39, 0.29) is 25.9 Å². The number of rotatable bonds is 10. The molecular weight excluding hydrogens is 707 g/mol. The topological polar surface area (TPSA) is 121 Å². The lowest BCUT2D eigenvalue weighted by Gasteiger charge is -2.44. The molecule has 13 heteroatoms. The third kappa shape index (κ3) is 9.64. The van der Waals surface area contributed by atoms with Gasteiger partial charge in [-0.25, -0.2) is 0 Å². The van der Waals surface area contributed by atoms with Crippen LogP contribution in [0.25, 0.3) is 0 Å². The molecule has 1 amide bonds. The highest BCUT2D eigenvalue weighted by Crippen LogP contribution is 2.46. The monoisotopic (exact) mass is 760 g/mol. The molecule has 286 valence electrons. The van der Waals surface area contributed by atoms with Gasteiger partial charge in [0.15, 0.2) is 26.2 Å². The lowest BCUT2D eigenvalue weighted by molar-refractivity contribution is -0.215. The van der Waals surface area contributed by atoms with Gasteiger partial charge in [-0.1, -0.05) is 44.5 Å². The molecule has 2 aromatic rings. The summed E-state index contributed by atoms with van der Waals surface area (Å²) in [5.74, 6) is -0.788. The molecule has 1 saturated heterocycles. The zero-order chi connectivity index (χ0) is 38.8. The van der Waals surface area contributed by atoms with Crippen molar-refractivity contribution < 1.29 is 42.6 Å². The summed E-state index contributed by atoms with van der Waals surface area (Å²) in [6, 6.07) is 10.4. The van der Waals surface area contributed by atoms with Crippen LogP contribution in [-0.2, 0) is 33.2 Å². The van der Waals surface area contributed by atoms with Crippen molar-refractivity contribution in [2.45, 2.75) is 99.8 Å². The third-order valence-corrected chi connectivity index (χ3v) is 9.90. The van der Waals surface area contributed by atoms with Crippen molar-refractivity contribution in [2.75, 3.05) is 38.4 Å². The molecule has 2 aliphatic heterocycles. The van der Waals surface area contributed by atoms with E-state index in [4.69, 9.17) is 35.3 Å². The minimum absolute atomic E-state index is 0.146. The van der Waals surface area contributed by atoms with E-state index in [1.54, 1.807) is 72.8 Å². The second-order valence-electron chi connectivity index (χ2n) is 16.8. The highest BCUT2D eigenvalue weighted by molar-refractivity contribution is 7.23. The molecule has 0 aromatic heterocycles. The third-order valence-electron chi connectivity index (χ3n) is 9.10. The summed E-state index contributed by atoms with van der Waals surface area (Å²) in [7, 11) is 2.96. The predicted octanol–water partition coefficient (Wildman–Crippen LogP) is 8.06. The van der Waals surface area contributed by atoms with Gasteiger partial charge >= 0.3 is 11.9 Å². The molecule has 11 nitrogen and oxygen atoms in total. The predicted molar refractivity (Wildman–Crippen MR) is 200 cm³/mol. The van der Waals surface area contributed by atoms with Crippen LogP contribution >= 0.6 is 20.1 Å². The maximum Gasteiger partial charge on any atom is 0.314 e. The van der Waals surface area contributed by atoms with E-state index in [2.05, 4.69) is 20.8 Å². The summed E-state index contributed by atoms with van der Waals surface area (Å²) in [4.78, 5) is 44.9. The number of ether oxygens (including phenoxy) is 5. The van der Waals surface area contributed by atoms with Crippen LogP contribution in [0.1, 0.15) is 92.4 Å². The average molecular weight is 761 g/mol. The number of fused-ring (bicyclic) bond motifs is 1. The van der Waals surface area contributed by atoms with Crippen LogP contribution in [0.15, 0.2) is 36.4 Å². The Balaban J connectivity index is 1.82. The largest absolute Gasteiger partial charge is 0.493 e. The number of amides is 1. The molecule has 0 bridgehead atoms. The summed E-state index contributed by atoms with van der Waals surface area (Å²) in [6.45, 7) is 17.2. The molecule has 52 heavy (non-hydrogen) atoms. The zero-order valence-electron chi connectivity index (χ0n) is 32.3. The van der Waals surface area contributed by atoms with Gasteiger partial charge in [0.1, 0.15) is 6.10 Å². The smallest absolute Gasteiger partial charge is 0.314 e. The number of anilines is 1. The van der Waals surface area contributed by atoms with E-state index in [9.17, 15) is 18.9 Å². The maximum atomic E-state index is 15.0. The van der Waals surface area contributed by atoms with Gasteiger partial charge in [-0.15, -0.1) is 0 Å². The van der Waals surface area contributed by atoms with Crippen molar-refractivity contribution >= 4 is 43.6 Å². The first-order valence-corrected chi connectivity index (χ1v) is 19.0. The van der Waals surface area contributed by atoms with Gasteiger partial charge in [0, 0.05) is 47.4 Å². The number of methoxy groups -OCH3 is 2. The van der Waals surface area contributed by atoms with Gasteiger partial charge in [-0.3, -0.25) is 23.8 Å². The number of hydrogen-bond donors (Lipinski definition) is 0. The Morgan fingerprint density at radius 2 is 1.58 bits per heavy atom. The fraction of sp³-hybridized carbons (Fsp3) is 0.615. The fourth-order valence-electron chi connectivity index (χ4n) is 6.41. The Morgan fingerprint density at radius 3 is 2.12 bits per heavy atom. The molecular formula is C39H54ClN2O9P. The number of nitrogens with zero attached hydrogens (tertiary/aromatic N) is 2. The Hall–Kier alpha value is -3.24. The molecule has 2 aromatic carbocycles. The summed E-state index contributed by atoms with van der Waals surface area (Å²) in [5.41, 5.74) is -0.0193. The van der Waals surface area contributed by atoms with Crippen LogP contribution in [0.3, 0.4) is 0 Å². The van der Waals surface area contributed by atoms with Crippen molar-refractivity contribution in [1.82, 2.24) is 4.90 Å². The van der Waals surface area contributed by atoms with Crippen molar-refractivity contribution in [2.24, 2.45) is 22.2 Å². The normalized spacial score (nSPS) is 21.8. The van der Waals surface area contributed by atoms with Gasteiger partial charge in [-0.2, -0.15) is 0 Å². The van der Waals surface area contributed by atoms with Crippen molar-refractivity contribution in [1.29, 1.82) is 0 Å². The molecule has 0 radical (unpaired) electrons. The molecule has 0 N–H and O–H groups in total. The van der Waals surface area contributed by atoms with Gasteiger partial charge in [-0.05, 0) is 84.1 Å². The van der Waals surface area contributed by atoms with E-state index in [0.29, 0.717) is 59.3 Å². The van der Waals surface area contributed by atoms with Crippen LogP contribution in [0.4, 0.5) is 5.69 Å². The van der Waals surface area contributed by atoms with E-state index < -0.39 is 53.4 Å². The lowest BCUT2D eigenvalue weighted by atomic mass is 9.89. The van der Waals surface area contributed by atoms with Gasteiger partial charge in [0.05, 0.1) is 30.7 Å². The van der Waals surface area contributed by atoms with Gasteiger partial charge < -0.3 is 28.6 Å². The van der Waals surface area contributed by atoms with Crippen molar-refractivity contribution in [3.05, 3.63) is 52.5 Å². The standard InChI is InChI=1S/C39H54ClN2O9P/c1-37(2,3)22-42-28-16-15-24(40)20-27(28)30(26-13-12-14-29(47-10)31(26)48-11)49-33(32(42)43)41-18-17-23(19-25(41)21-52-46)34(50-35(44)38(4,5)6)51-36(45)39(7,8)9/h12-16,20,23,25,30,33-34H,17-19,21-22H2,1-11H3/t23?,25?,30-,33-/m1/s1. The summed E-state index contributed by atoms with van der Waals surface area (Å²) in [5, 5.41) is 0.473. The van der Waals surface area contributed by atoms with Crippen LogP contribution < -0.4 is 14.4 Å². The lowest BCUT2D eigenvalue weighted by Crippen LogP contribution is -2.58. The Kier molecular flexibility index (Phi) is 13.1. The quantitative estimate of drug-likeness (QED) is 0.134. The summed E-state index contributed by atoms with van der Waals surface area (Å²) in [6.07, 6.45) is -2.27. The number of hydrogen-bond acceptors (Lipinski definition) is 10. The Bertz CT molecular complexity index is 1600. The zero-order valence-corrected chi connectivity index (χ0v) is 33.9. The molecule has 1 fully saturated rings. The molecule has 0 aliphatic carbocycles. The minimum atomic E-state index is -1.17. The van der Waals surface area contributed by atoms with Crippen LogP contribution in [0, 0.1) is 22.2 Å². The number of halogens is 1. The number of piperidine rings is 1. The average Bonchev–Trinajstić information content (AvgIpc) is 3.16. The van der Waals surface area contributed by atoms with E-state index in [1.165, 1.54) is 0 Å². The van der Waals surface area contributed by atoms with Crippen molar-refractivity contribution in [3.8, 4) is 11.5 Å². The number of esters is 2. The first kappa shape index (κ1) is 41.5. The number of likely N-dealkylation sites (tertiary alicyclic amines) is 1. The first-order chi connectivity index (χ1) is 24.2. The number of carbonyl (C=O) groups is 3. The van der Waals surface area contributed by atoms with Gasteiger partial charge in [0.2, 0.25) is 6.29 Å². The molecule has 0 spiro atoms. The van der Waals surface area contributed by atoms with E-state index in [1.807, 2.05) is 29.2 Å². The molecule has 2 unspecified atom stereocenters. The second kappa shape index (κ2) is 16.4. The molecule has 2 aliphatic rings. The Labute approximate surface area is 314 Å². The first-order valence-electron chi connectivity index (χ1n) is 17.6. The van der Waals surface area contributed by atoms with Crippen LogP contribution in [0.5, 0.6) is 11.5 Å².